The number of rotatable bonds is 7. The van der Waals surface area contributed by atoms with Crippen molar-refractivity contribution in [2.45, 2.75) is 50.6 Å². The molecule has 2 aromatic carbocycles. The summed E-state index contributed by atoms with van der Waals surface area (Å²) in [5.74, 6) is 0.853. The van der Waals surface area contributed by atoms with Gasteiger partial charge in [-0.15, -0.1) is 0 Å². The van der Waals surface area contributed by atoms with Gasteiger partial charge in [-0.3, -0.25) is 4.79 Å². The second kappa shape index (κ2) is 9.21. The van der Waals surface area contributed by atoms with Crippen LogP contribution in [0.5, 0.6) is 5.75 Å². The van der Waals surface area contributed by atoms with E-state index in [4.69, 9.17) is 4.52 Å². The van der Waals surface area contributed by atoms with E-state index in [1.807, 2.05) is 12.1 Å². The van der Waals surface area contributed by atoms with Gasteiger partial charge in [0.1, 0.15) is 12.0 Å². The molecule has 1 aliphatic rings. The Morgan fingerprint density at radius 2 is 1.91 bits per heavy atom. The number of phenols is 1. The minimum absolute atomic E-state index is 0.0562. The number of nitrogens with one attached hydrogen (secondary N) is 2. The van der Waals surface area contributed by atoms with Crippen LogP contribution in [0.25, 0.3) is 0 Å². The van der Waals surface area contributed by atoms with E-state index in [1.165, 1.54) is 0 Å². The van der Waals surface area contributed by atoms with Crippen molar-refractivity contribution in [3.05, 3.63) is 76.9 Å². The van der Waals surface area contributed by atoms with Gasteiger partial charge in [-0.25, -0.2) is 4.79 Å². The average Bonchev–Trinajstić information content (AvgIpc) is 3.44. The van der Waals surface area contributed by atoms with Crippen molar-refractivity contribution in [3.8, 4) is 5.75 Å². The average molecular weight is 434 g/mol. The number of carbonyl (C=O) groups excluding carboxylic acids is 2. The highest BCUT2D eigenvalue weighted by Crippen LogP contribution is 2.35. The first-order chi connectivity index (χ1) is 15.5. The largest absolute Gasteiger partial charge is 0.508 e. The first kappa shape index (κ1) is 21.5. The molecule has 3 N–H and O–H groups in total. The van der Waals surface area contributed by atoms with Crippen LogP contribution in [0.4, 0.5) is 4.79 Å². The highest BCUT2D eigenvalue weighted by Gasteiger charge is 2.39. The molecule has 166 valence electrons. The summed E-state index contributed by atoms with van der Waals surface area (Å²) in [6.45, 7) is 1.69. The van der Waals surface area contributed by atoms with Gasteiger partial charge in [0.25, 0.3) is 0 Å². The number of aldehydes is 1. The van der Waals surface area contributed by atoms with Gasteiger partial charge in [-0.2, -0.15) is 4.98 Å². The number of hydrogen-bond acceptors (Lipinski definition) is 6. The summed E-state index contributed by atoms with van der Waals surface area (Å²) in [6, 6.07) is 13.5. The van der Waals surface area contributed by atoms with Gasteiger partial charge < -0.3 is 20.3 Å². The Bertz CT molecular complexity index is 1110. The van der Waals surface area contributed by atoms with Crippen molar-refractivity contribution >= 4 is 12.3 Å². The molecule has 4 rings (SSSR count). The predicted octanol–water partition coefficient (Wildman–Crippen LogP) is 3.62. The Morgan fingerprint density at radius 1 is 1.19 bits per heavy atom. The molecule has 32 heavy (non-hydrogen) atoms. The van der Waals surface area contributed by atoms with Crippen LogP contribution in [0.2, 0.25) is 0 Å². The molecule has 1 aliphatic carbocycles. The summed E-state index contributed by atoms with van der Waals surface area (Å²) in [6.07, 6.45) is 4.98. The number of phenolic OH excluding ortho intramolecular Hbond substituents is 1. The number of benzene rings is 2. The molecule has 1 atom stereocenters. The minimum Gasteiger partial charge on any atom is -0.508 e. The lowest BCUT2D eigenvalue weighted by Gasteiger charge is -2.36. The highest BCUT2D eigenvalue weighted by molar-refractivity contribution is 5.78. The van der Waals surface area contributed by atoms with Crippen molar-refractivity contribution in [2.75, 3.05) is 0 Å². The number of urea groups is 1. The molecular weight excluding hydrogens is 408 g/mol. The molecule has 3 aromatic rings. The SMILES string of the molecule is Cc1nc(CC(NC(=O)NC2CCCC2)(c2cccc(O)c2)c2cccc(C=O)c2)no1. The van der Waals surface area contributed by atoms with Crippen LogP contribution in [0, 0.1) is 6.92 Å². The molecule has 8 nitrogen and oxygen atoms in total. The number of aryl methyl sites for hydroxylation is 1. The Labute approximate surface area is 186 Å². The molecule has 1 unspecified atom stereocenters. The number of aromatic hydroxyl groups is 1. The first-order valence-electron chi connectivity index (χ1n) is 10.7. The fraction of sp³-hybridized carbons (Fsp3) is 0.333. The van der Waals surface area contributed by atoms with Crippen molar-refractivity contribution in [1.82, 2.24) is 20.8 Å². The number of nitrogens with zero attached hydrogens (tertiary/aromatic N) is 2. The lowest BCUT2D eigenvalue weighted by atomic mass is 9.79. The van der Waals surface area contributed by atoms with E-state index in [-0.39, 0.29) is 24.2 Å². The monoisotopic (exact) mass is 434 g/mol. The summed E-state index contributed by atoms with van der Waals surface area (Å²) in [5, 5.41) is 20.5. The van der Waals surface area contributed by atoms with Gasteiger partial charge in [0.15, 0.2) is 5.82 Å². The fourth-order valence-electron chi connectivity index (χ4n) is 4.34. The Morgan fingerprint density at radius 3 is 2.56 bits per heavy atom. The zero-order chi connectivity index (χ0) is 22.6. The summed E-state index contributed by atoms with van der Waals surface area (Å²) < 4.78 is 5.17. The molecule has 1 saturated carbocycles. The summed E-state index contributed by atoms with van der Waals surface area (Å²) in [7, 11) is 0. The quantitative estimate of drug-likeness (QED) is 0.489. The number of amides is 2. The Kier molecular flexibility index (Phi) is 6.20. The number of carbonyl (C=O) groups is 2. The second-order valence-electron chi connectivity index (χ2n) is 8.19. The third-order valence-electron chi connectivity index (χ3n) is 5.86. The Hall–Kier alpha value is -3.68. The molecular formula is C24H26N4O4. The van der Waals surface area contributed by atoms with E-state index in [2.05, 4.69) is 20.8 Å². The van der Waals surface area contributed by atoms with E-state index < -0.39 is 5.54 Å². The van der Waals surface area contributed by atoms with Gasteiger partial charge >= 0.3 is 6.03 Å². The third kappa shape index (κ3) is 4.64. The zero-order valence-electron chi connectivity index (χ0n) is 17.9. The maximum atomic E-state index is 13.2. The van der Waals surface area contributed by atoms with Crippen LogP contribution >= 0.6 is 0 Å². The van der Waals surface area contributed by atoms with Crippen molar-refractivity contribution in [2.24, 2.45) is 0 Å². The van der Waals surface area contributed by atoms with Gasteiger partial charge in [0.05, 0.1) is 5.54 Å². The highest BCUT2D eigenvalue weighted by atomic mass is 16.5. The van der Waals surface area contributed by atoms with Crippen LogP contribution in [0.15, 0.2) is 53.1 Å². The van der Waals surface area contributed by atoms with Crippen molar-refractivity contribution in [3.63, 3.8) is 0 Å². The molecule has 0 bridgehead atoms. The van der Waals surface area contributed by atoms with E-state index >= 15 is 0 Å². The molecule has 1 heterocycles. The van der Waals surface area contributed by atoms with Crippen LogP contribution in [-0.4, -0.2) is 33.6 Å². The molecule has 0 aliphatic heterocycles. The minimum atomic E-state index is -1.16. The third-order valence-corrected chi connectivity index (χ3v) is 5.86. The normalized spacial score (nSPS) is 15.8. The van der Waals surface area contributed by atoms with Gasteiger partial charge in [-0.05, 0) is 42.2 Å². The van der Waals surface area contributed by atoms with E-state index in [0.717, 1.165) is 32.0 Å². The van der Waals surface area contributed by atoms with Crippen LogP contribution < -0.4 is 10.6 Å². The van der Waals surface area contributed by atoms with Crippen molar-refractivity contribution < 1.29 is 19.2 Å². The van der Waals surface area contributed by atoms with Gasteiger partial charge in [-0.1, -0.05) is 48.3 Å². The van der Waals surface area contributed by atoms with E-state index in [1.54, 1.807) is 43.3 Å². The van der Waals surface area contributed by atoms with E-state index in [0.29, 0.717) is 28.4 Å². The lowest BCUT2D eigenvalue weighted by Crippen LogP contribution is -2.53. The maximum Gasteiger partial charge on any atom is 0.315 e. The van der Waals surface area contributed by atoms with Gasteiger partial charge in [0.2, 0.25) is 5.89 Å². The molecule has 0 spiro atoms. The molecule has 8 heteroatoms. The van der Waals surface area contributed by atoms with Gasteiger partial charge in [0, 0.05) is 24.9 Å². The number of hydrogen-bond donors (Lipinski definition) is 3. The summed E-state index contributed by atoms with van der Waals surface area (Å²) >= 11 is 0. The molecule has 1 fully saturated rings. The molecule has 2 amide bonds. The first-order valence-corrected chi connectivity index (χ1v) is 10.7. The van der Waals surface area contributed by atoms with E-state index in [9.17, 15) is 14.7 Å². The second-order valence-corrected chi connectivity index (χ2v) is 8.19. The number of aromatic nitrogens is 2. The molecule has 1 aromatic heterocycles. The maximum absolute atomic E-state index is 13.2. The van der Waals surface area contributed by atoms with Crippen LogP contribution in [0.1, 0.15) is 58.9 Å². The summed E-state index contributed by atoms with van der Waals surface area (Å²) in [5.41, 5.74) is 0.604. The topological polar surface area (TPSA) is 117 Å². The fourth-order valence-corrected chi connectivity index (χ4v) is 4.34. The predicted molar refractivity (Wildman–Crippen MR) is 117 cm³/mol. The summed E-state index contributed by atoms with van der Waals surface area (Å²) in [4.78, 5) is 29.0. The lowest BCUT2D eigenvalue weighted by molar-refractivity contribution is 0.112. The standard InChI is InChI=1S/C24H26N4O4/c1-16-25-22(28-32-16)14-24(19-8-5-11-21(30)13-19,18-7-4-6-17(12-18)15-29)27-23(31)26-20-9-2-3-10-20/h4-8,11-13,15,20,30H,2-3,9-10,14H2,1H3,(H2,26,27,31). The molecule has 0 saturated heterocycles. The van der Waals surface area contributed by atoms with Crippen LogP contribution in [0.3, 0.4) is 0 Å². The smallest absolute Gasteiger partial charge is 0.315 e. The van der Waals surface area contributed by atoms with Crippen molar-refractivity contribution in [1.29, 1.82) is 0 Å². The zero-order valence-corrected chi connectivity index (χ0v) is 17.9. The molecule has 0 radical (unpaired) electrons. The Balaban J connectivity index is 1.83. The van der Waals surface area contributed by atoms with Crippen LogP contribution in [-0.2, 0) is 12.0 Å².